The van der Waals surface area contributed by atoms with Gasteiger partial charge in [0, 0.05) is 6.04 Å². The normalized spacial score (nSPS) is 12.5. The van der Waals surface area contributed by atoms with Crippen LogP contribution >= 0.6 is 0 Å². The largest absolute Gasteiger partial charge is 0.454 e. The smallest absolute Gasteiger partial charge is 0.166 e. The molecule has 3 heteroatoms. The van der Waals surface area contributed by atoms with Crippen LogP contribution in [-0.4, -0.2) is 0 Å². The Kier molecular flexibility index (Phi) is 4.40. The van der Waals surface area contributed by atoms with Gasteiger partial charge in [-0.25, -0.2) is 4.39 Å². The van der Waals surface area contributed by atoms with Gasteiger partial charge < -0.3 is 10.5 Å². The zero-order valence-electron chi connectivity index (χ0n) is 12.1. The Bertz CT molecular complexity index is 593. The molecule has 2 nitrogen and oxygen atoms in total. The van der Waals surface area contributed by atoms with Gasteiger partial charge in [-0.3, -0.25) is 0 Å². The topological polar surface area (TPSA) is 35.2 Å². The lowest BCUT2D eigenvalue weighted by atomic mass is 10.0. The Morgan fingerprint density at radius 2 is 1.70 bits per heavy atom. The number of benzene rings is 2. The van der Waals surface area contributed by atoms with E-state index in [2.05, 4.69) is 13.8 Å². The molecule has 0 aliphatic rings. The Hall–Kier alpha value is -1.87. The van der Waals surface area contributed by atoms with E-state index in [9.17, 15) is 4.39 Å². The number of para-hydroxylation sites is 1. The van der Waals surface area contributed by atoms with Crippen LogP contribution < -0.4 is 10.5 Å². The van der Waals surface area contributed by atoms with Crippen LogP contribution in [0.5, 0.6) is 11.5 Å². The fourth-order valence-corrected chi connectivity index (χ4v) is 2.05. The molecule has 1 atom stereocenters. The van der Waals surface area contributed by atoms with Gasteiger partial charge in [-0.1, -0.05) is 38.1 Å². The second-order valence-electron chi connectivity index (χ2n) is 5.27. The van der Waals surface area contributed by atoms with Crippen LogP contribution in [0.4, 0.5) is 4.39 Å². The van der Waals surface area contributed by atoms with Crippen molar-refractivity contribution >= 4 is 0 Å². The van der Waals surface area contributed by atoms with Crippen LogP contribution in [-0.2, 0) is 0 Å². The molecule has 20 heavy (non-hydrogen) atoms. The number of nitrogens with two attached hydrogens (primary N) is 1. The molecule has 0 radical (unpaired) electrons. The van der Waals surface area contributed by atoms with Gasteiger partial charge in [0.2, 0.25) is 0 Å². The zero-order chi connectivity index (χ0) is 14.7. The number of hydrogen-bond acceptors (Lipinski definition) is 2. The van der Waals surface area contributed by atoms with E-state index in [1.807, 2.05) is 31.2 Å². The summed E-state index contributed by atoms with van der Waals surface area (Å²) in [6.45, 7) is 5.98. The molecule has 0 bridgehead atoms. The molecule has 0 heterocycles. The van der Waals surface area contributed by atoms with Crippen LogP contribution in [0.1, 0.15) is 43.9 Å². The zero-order valence-corrected chi connectivity index (χ0v) is 12.1. The third-order valence-electron chi connectivity index (χ3n) is 3.24. The van der Waals surface area contributed by atoms with E-state index in [1.54, 1.807) is 12.1 Å². The van der Waals surface area contributed by atoms with Crippen molar-refractivity contribution < 1.29 is 9.13 Å². The Morgan fingerprint density at radius 1 is 1.00 bits per heavy atom. The first-order valence-corrected chi connectivity index (χ1v) is 6.81. The van der Waals surface area contributed by atoms with Gasteiger partial charge in [-0.05, 0) is 42.2 Å². The van der Waals surface area contributed by atoms with Crippen molar-refractivity contribution in [1.29, 1.82) is 0 Å². The molecule has 2 rings (SSSR count). The van der Waals surface area contributed by atoms with Crippen molar-refractivity contribution in [1.82, 2.24) is 0 Å². The Morgan fingerprint density at radius 3 is 2.30 bits per heavy atom. The monoisotopic (exact) mass is 273 g/mol. The second-order valence-corrected chi connectivity index (χ2v) is 5.27. The predicted molar refractivity (Wildman–Crippen MR) is 79.6 cm³/mol. The van der Waals surface area contributed by atoms with E-state index in [-0.39, 0.29) is 11.8 Å². The van der Waals surface area contributed by atoms with E-state index in [0.717, 1.165) is 11.1 Å². The fourth-order valence-electron chi connectivity index (χ4n) is 2.05. The molecule has 0 fully saturated rings. The summed E-state index contributed by atoms with van der Waals surface area (Å²) in [5.74, 6) is 0.841. The Balaban J connectivity index is 2.31. The number of ether oxygens (including phenoxy) is 1. The molecular weight excluding hydrogens is 253 g/mol. The van der Waals surface area contributed by atoms with Crippen LogP contribution in [0.25, 0.3) is 0 Å². The van der Waals surface area contributed by atoms with Crippen LogP contribution in [0.15, 0.2) is 42.5 Å². The first kappa shape index (κ1) is 14.5. The lowest BCUT2D eigenvalue weighted by Crippen LogP contribution is -2.05. The summed E-state index contributed by atoms with van der Waals surface area (Å²) < 4.78 is 19.8. The summed E-state index contributed by atoms with van der Waals surface area (Å²) in [5, 5.41) is 0. The van der Waals surface area contributed by atoms with E-state index in [1.165, 1.54) is 6.07 Å². The average Bonchev–Trinajstić information content (AvgIpc) is 2.41. The van der Waals surface area contributed by atoms with E-state index in [0.29, 0.717) is 11.7 Å². The Labute approximate surface area is 119 Å². The van der Waals surface area contributed by atoms with E-state index in [4.69, 9.17) is 10.5 Å². The van der Waals surface area contributed by atoms with Gasteiger partial charge in [0.25, 0.3) is 0 Å². The molecule has 106 valence electrons. The van der Waals surface area contributed by atoms with Gasteiger partial charge in [0.1, 0.15) is 5.75 Å². The third-order valence-corrected chi connectivity index (χ3v) is 3.24. The summed E-state index contributed by atoms with van der Waals surface area (Å²) in [6, 6.07) is 12.3. The van der Waals surface area contributed by atoms with Gasteiger partial charge >= 0.3 is 0 Å². The standard InChI is InChI=1S/C17H20FNO/c1-11(2)14-6-4-5-7-16(14)20-17-9-8-13(12(3)19)10-15(17)18/h4-12H,19H2,1-3H3/t12-/m0/s1. The minimum Gasteiger partial charge on any atom is -0.454 e. The minimum absolute atomic E-state index is 0.193. The maximum Gasteiger partial charge on any atom is 0.166 e. The maximum absolute atomic E-state index is 14.0. The van der Waals surface area contributed by atoms with Gasteiger partial charge in [-0.2, -0.15) is 0 Å². The molecule has 0 aliphatic heterocycles. The van der Waals surface area contributed by atoms with Gasteiger partial charge in [0.05, 0.1) is 0 Å². The fraction of sp³-hybridized carbons (Fsp3) is 0.294. The SMILES string of the molecule is CC(C)c1ccccc1Oc1ccc([C@H](C)N)cc1F. The van der Waals surface area contributed by atoms with Crippen LogP contribution in [0.3, 0.4) is 0 Å². The lowest BCUT2D eigenvalue weighted by Gasteiger charge is -2.15. The predicted octanol–water partition coefficient (Wildman–Crippen LogP) is 4.76. The quantitative estimate of drug-likeness (QED) is 0.871. The molecule has 0 saturated carbocycles. The lowest BCUT2D eigenvalue weighted by molar-refractivity contribution is 0.435. The van der Waals surface area contributed by atoms with Crippen LogP contribution in [0, 0.1) is 5.82 Å². The number of hydrogen-bond donors (Lipinski definition) is 1. The maximum atomic E-state index is 14.0. The first-order valence-electron chi connectivity index (χ1n) is 6.81. The van der Waals surface area contributed by atoms with Gasteiger partial charge in [0.15, 0.2) is 11.6 Å². The number of halogens is 1. The molecule has 2 aromatic carbocycles. The van der Waals surface area contributed by atoms with Crippen LogP contribution in [0.2, 0.25) is 0 Å². The van der Waals surface area contributed by atoms with Gasteiger partial charge in [-0.15, -0.1) is 0 Å². The molecule has 0 spiro atoms. The van der Waals surface area contributed by atoms with Crippen molar-refractivity contribution in [3.05, 3.63) is 59.4 Å². The van der Waals surface area contributed by atoms with Crippen molar-refractivity contribution in [2.24, 2.45) is 5.73 Å². The highest BCUT2D eigenvalue weighted by Gasteiger charge is 2.12. The molecule has 0 aromatic heterocycles. The third kappa shape index (κ3) is 3.17. The summed E-state index contributed by atoms with van der Waals surface area (Å²) in [5.41, 5.74) is 7.56. The summed E-state index contributed by atoms with van der Waals surface area (Å²) in [7, 11) is 0. The summed E-state index contributed by atoms with van der Waals surface area (Å²) in [6.07, 6.45) is 0. The molecule has 2 aromatic rings. The summed E-state index contributed by atoms with van der Waals surface area (Å²) >= 11 is 0. The van der Waals surface area contributed by atoms with Crippen molar-refractivity contribution in [2.75, 3.05) is 0 Å². The van der Waals surface area contributed by atoms with Crippen molar-refractivity contribution in [3.8, 4) is 11.5 Å². The molecular formula is C17H20FNO. The number of rotatable bonds is 4. The van der Waals surface area contributed by atoms with E-state index < -0.39 is 5.82 Å². The highest BCUT2D eigenvalue weighted by molar-refractivity contribution is 5.40. The highest BCUT2D eigenvalue weighted by atomic mass is 19.1. The second kappa shape index (κ2) is 6.06. The van der Waals surface area contributed by atoms with E-state index >= 15 is 0 Å². The molecule has 0 unspecified atom stereocenters. The molecule has 0 amide bonds. The first-order chi connectivity index (χ1) is 9.49. The van der Waals surface area contributed by atoms with Crippen molar-refractivity contribution in [3.63, 3.8) is 0 Å². The minimum atomic E-state index is -0.390. The average molecular weight is 273 g/mol. The summed E-state index contributed by atoms with van der Waals surface area (Å²) in [4.78, 5) is 0. The molecule has 0 aliphatic carbocycles. The van der Waals surface area contributed by atoms with Crippen molar-refractivity contribution in [2.45, 2.75) is 32.7 Å². The highest BCUT2D eigenvalue weighted by Crippen LogP contribution is 2.32. The molecule has 0 saturated heterocycles. The molecule has 2 N–H and O–H groups in total.